The average Bonchev–Trinajstić information content (AvgIpc) is 2.20. The second-order valence-electron chi connectivity index (χ2n) is 3.16. The summed E-state index contributed by atoms with van der Waals surface area (Å²) in [6, 6.07) is 9.15. The van der Waals surface area contributed by atoms with E-state index < -0.39 is 0 Å². The van der Waals surface area contributed by atoms with Gasteiger partial charge >= 0.3 is 6.01 Å². The van der Waals surface area contributed by atoms with Crippen LogP contribution in [0.2, 0.25) is 10.3 Å². The van der Waals surface area contributed by atoms with Crippen molar-refractivity contribution in [1.82, 2.24) is 9.97 Å². The molecule has 0 bridgehead atoms. The van der Waals surface area contributed by atoms with Crippen molar-refractivity contribution in [2.75, 3.05) is 0 Å². The van der Waals surface area contributed by atoms with E-state index in [0.717, 1.165) is 5.56 Å². The van der Waals surface area contributed by atoms with Crippen molar-refractivity contribution in [3.63, 3.8) is 0 Å². The number of halogens is 2. The molecule has 0 saturated heterocycles. The fraction of sp³-hybridized carbons (Fsp3) is 0.0909. The minimum absolute atomic E-state index is 0.145. The Morgan fingerprint density at radius 1 is 1.06 bits per heavy atom. The molecule has 0 radical (unpaired) electrons. The number of aryl methyl sites for hydroxylation is 1. The smallest absolute Gasteiger partial charge is 0.324 e. The number of hydrogen-bond acceptors (Lipinski definition) is 3. The summed E-state index contributed by atoms with van der Waals surface area (Å²) < 4.78 is 5.48. The zero-order valence-electron chi connectivity index (χ0n) is 8.45. The lowest BCUT2D eigenvalue weighted by atomic mass is 10.2. The molecule has 3 nitrogen and oxygen atoms in total. The number of benzene rings is 1. The van der Waals surface area contributed by atoms with Crippen LogP contribution in [0, 0.1) is 6.92 Å². The molecule has 0 N–H and O–H groups in total. The molecular weight excluding hydrogens is 247 g/mol. The van der Waals surface area contributed by atoms with E-state index in [1.165, 1.54) is 6.07 Å². The van der Waals surface area contributed by atoms with Gasteiger partial charge in [-0.3, -0.25) is 0 Å². The van der Waals surface area contributed by atoms with Crippen LogP contribution in [-0.4, -0.2) is 9.97 Å². The standard InChI is InChI=1S/C11H8Cl2N2O/c1-7-4-2-3-5-8(7)16-11-14-9(12)6-10(13)15-11/h2-6H,1H3. The zero-order valence-corrected chi connectivity index (χ0v) is 9.96. The number of para-hydroxylation sites is 1. The molecule has 16 heavy (non-hydrogen) atoms. The number of nitrogens with zero attached hydrogens (tertiary/aromatic N) is 2. The maximum atomic E-state index is 5.74. The lowest BCUT2D eigenvalue weighted by Crippen LogP contribution is -1.93. The number of rotatable bonds is 2. The largest absolute Gasteiger partial charge is 0.424 e. The van der Waals surface area contributed by atoms with Gasteiger partial charge in [0.1, 0.15) is 16.1 Å². The molecule has 1 aromatic carbocycles. The second-order valence-corrected chi connectivity index (χ2v) is 3.94. The highest BCUT2D eigenvalue weighted by Crippen LogP contribution is 2.24. The summed E-state index contributed by atoms with van der Waals surface area (Å²) in [5, 5.41) is 0.507. The van der Waals surface area contributed by atoms with E-state index in [1.807, 2.05) is 31.2 Å². The topological polar surface area (TPSA) is 35.0 Å². The highest BCUT2D eigenvalue weighted by Gasteiger charge is 2.05. The highest BCUT2D eigenvalue weighted by molar-refractivity contribution is 6.33. The summed E-state index contributed by atoms with van der Waals surface area (Å²) in [7, 11) is 0. The Morgan fingerprint density at radius 2 is 1.69 bits per heavy atom. The van der Waals surface area contributed by atoms with Crippen molar-refractivity contribution in [1.29, 1.82) is 0 Å². The molecule has 5 heteroatoms. The molecule has 2 rings (SSSR count). The van der Waals surface area contributed by atoms with Crippen molar-refractivity contribution < 1.29 is 4.74 Å². The Bertz CT molecular complexity index is 497. The van der Waals surface area contributed by atoms with Crippen molar-refractivity contribution in [3.8, 4) is 11.8 Å². The Hall–Kier alpha value is -1.32. The predicted molar refractivity (Wildman–Crippen MR) is 63.3 cm³/mol. The van der Waals surface area contributed by atoms with Crippen LogP contribution < -0.4 is 4.74 Å². The molecule has 1 aromatic heterocycles. The molecule has 0 aliphatic carbocycles. The van der Waals surface area contributed by atoms with Crippen LogP contribution >= 0.6 is 23.2 Å². The summed E-state index contributed by atoms with van der Waals surface area (Å²) in [5.41, 5.74) is 0.988. The van der Waals surface area contributed by atoms with Crippen LogP contribution in [0.15, 0.2) is 30.3 Å². The maximum absolute atomic E-state index is 5.74. The minimum atomic E-state index is 0.145. The normalized spacial score (nSPS) is 10.2. The van der Waals surface area contributed by atoms with E-state index in [9.17, 15) is 0 Å². The van der Waals surface area contributed by atoms with Gasteiger partial charge in [-0.25, -0.2) is 0 Å². The monoisotopic (exact) mass is 254 g/mol. The van der Waals surface area contributed by atoms with Gasteiger partial charge in [0.05, 0.1) is 0 Å². The molecule has 2 aromatic rings. The third kappa shape index (κ3) is 2.62. The molecule has 82 valence electrons. The number of aromatic nitrogens is 2. The van der Waals surface area contributed by atoms with Gasteiger partial charge in [-0.2, -0.15) is 9.97 Å². The van der Waals surface area contributed by atoms with Gasteiger partial charge in [0.2, 0.25) is 0 Å². The molecule has 0 spiro atoms. The van der Waals surface area contributed by atoms with Crippen LogP contribution in [0.5, 0.6) is 11.8 Å². The molecule has 0 aliphatic rings. The first kappa shape index (κ1) is 11.2. The molecule has 0 atom stereocenters. The van der Waals surface area contributed by atoms with Crippen LogP contribution in [0.4, 0.5) is 0 Å². The summed E-state index contributed by atoms with van der Waals surface area (Å²) in [4.78, 5) is 7.84. The Kier molecular flexibility index (Phi) is 3.27. The molecule has 1 heterocycles. The summed E-state index contributed by atoms with van der Waals surface area (Å²) >= 11 is 11.5. The highest BCUT2D eigenvalue weighted by atomic mass is 35.5. The fourth-order valence-electron chi connectivity index (χ4n) is 1.19. The molecule has 0 saturated carbocycles. The average molecular weight is 255 g/mol. The first-order chi connectivity index (χ1) is 7.65. The van der Waals surface area contributed by atoms with Crippen LogP contribution in [-0.2, 0) is 0 Å². The molecular formula is C11H8Cl2N2O. The lowest BCUT2D eigenvalue weighted by Gasteiger charge is -2.06. The molecule has 0 aliphatic heterocycles. The summed E-state index contributed by atoms with van der Waals surface area (Å²) in [6.07, 6.45) is 0. The zero-order chi connectivity index (χ0) is 11.5. The maximum Gasteiger partial charge on any atom is 0.324 e. The number of ether oxygens (including phenoxy) is 1. The first-order valence-electron chi connectivity index (χ1n) is 4.59. The van der Waals surface area contributed by atoms with E-state index in [4.69, 9.17) is 27.9 Å². The Morgan fingerprint density at radius 3 is 2.31 bits per heavy atom. The van der Waals surface area contributed by atoms with E-state index in [2.05, 4.69) is 9.97 Å². The number of hydrogen-bond donors (Lipinski definition) is 0. The molecule has 0 amide bonds. The van der Waals surface area contributed by atoms with Gasteiger partial charge in [-0.15, -0.1) is 0 Å². The van der Waals surface area contributed by atoms with Crippen LogP contribution in [0.3, 0.4) is 0 Å². The fourth-order valence-corrected chi connectivity index (χ4v) is 1.59. The van der Waals surface area contributed by atoms with E-state index in [0.29, 0.717) is 5.75 Å². The van der Waals surface area contributed by atoms with Gasteiger partial charge in [-0.1, -0.05) is 41.4 Å². The van der Waals surface area contributed by atoms with Gasteiger partial charge in [-0.05, 0) is 18.6 Å². The van der Waals surface area contributed by atoms with Crippen LogP contribution in [0.25, 0.3) is 0 Å². The summed E-state index contributed by atoms with van der Waals surface area (Å²) in [5.74, 6) is 0.681. The SMILES string of the molecule is Cc1ccccc1Oc1nc(Cl)cc(Cl)n1. The Balaban J connectivity index is 2.30. The quantitative estimate of drug-likeness (QED) is 0.763. The van der Waals surface area contributed by atoms with Crippen LogP contribution in [0.1, 0.15) is 5.56 Å². The van der Waals surface area contributed by atoms with E-state index in [1.54, 1.807) is 0 Å². The molecule has 0 fully saturated rings. The first-order valence-corrected chi connectivity index (χ1v) is 5.34. The van der Waals surface area contributed by atoms with Gasteiger partial charge in [0.15, 0.2) is 0 Å². The molecule has 0 unspecified atom stereocenters. The lowest BCUT2D eigenvalue weighted by molar-refractivity contribution is 0.439. The van der Waals surface area contributed by atoms with Gasteiger partial charge in [0, 0.05) is 6.07 Å². The van der Waals surface area contributed by atoms with Crippen molar-refractivity contribution in [2.24, 2.45) is 0 Å². The van der Waals surface area contributed by atoms with Crippen molar-refractivity contribution in [3.05, 3.63) is 46.2 Å². The van der Waals surface area contributed by atoms with Gasteiger partial charge < -0.3 is 4.74 Å². The van der Waals surface area contributed by atoms with Crippen molar-refractivity contribution >= 4 is 23.2 Å². The third-order valence-electron chi connectivity index (χ3n) is 1.94. The minimum Gasteiger partial charge on any atom is -0.424 e. The predicted octanol–water partition coefficient (Wildman–Crippen LogP) is 3.88. The summed E-state index contributed by atoms with van der Waals surface area (Å²) in [6.45, 7) is 1.93. The second kappa shape index (κ2) is 4.68. The van der Waals surface area contributed by atoms with Crippen molar-refractivity contribution in [2.45, 2.75) is 6.92 Å². The van der Waals surface area contributed by atoms with Gasteiger partial charge in [0.25, 0.3) is 0 Å². The van der Waals surface area contributed by atoms with E-state index in [-0.39, 0.29) is 16.3 Å². The Labute approximate surface area is 103 Å². The third-order valence-corrected chi connectivity index (χ3v) is 2.33. The van der Waals surface area contributed by atoms with E-state index >= 15 is 0 Å².